The van der Waals surface area contributed by atoms with Gasteiger partial charge in [-0.05, 0) is 60.2 Å². The molecule has 0 aliphatic heterocycles. The lowest BCUT2D eigenvalue weighted by molar-refractivity contribution is -0.116. The highest BCUT2D eigenvalue weighted by Gasteiger charge is 2.18. The third kappa shape index (κ3) is 2.98. The lowest BCUT2D eigenvalue weighted by Crippen LogP contribution is -2.12. The number of fused-ring (bicyclic) bond motifs is 3. The van der Waals surface area contributed by atoms with Gasteiger partial charge in [0.2, 0.25) is 5.91 Å². The van der Waals surface area contributed by atoms with Crippen molar-refractivity contribution in [2.45, 2.75) is 25.7 Å². The van der Waals surface area contributed by atoms with Gasteiger partial charge in [-0.3, -0.25) is 4.79 Å². The molecule has 0 spiro atoms. The first-order valence-corrected chi connectivity index (χ1v) is 7.49. The summed E-state index contributed by atoms with van der Waals surface area (Å²) in [6.45, 7) is 0.643. The summed E-state index contributed by atoms with van der Waals surface area (Å²) in [5.74, 6) is 0.0684. The van der Waals surface area contributed by atoms with Gasteiger partial charge in [-0.2, -0.15) is 0 Å². The van der Waals surface area contributed by atoms with Gasteiger partial charge in [0.1, 0.15) is 0 Å². The zero-order chi connectivity index (χ0) is 14.7. The average molecular weight is 280 g/mol. The standard InChI is InChI=1S/C18H20N2O/c19-10-4-3-7-18(21)20-15-8-9-17-14(12-15)11-13-5-1-2-6-16(13)17/h1-2,5-6,8-9,12H,3-4,7,10-11,19H2,(H,20,21). The Labute approximate surface area is 125 Å². The van der Waals surface area contributed by atoms with Gasteiger partial charge < -0.3 is 11.1 Å². The van der Waals surface area contributed by atoms with E-state index in [0.29, 0.717) is 13.0 Å². The Morgan fingerprint density at radius 1 is 1.05 bits per heavy atom. The van der Waals surface area contributed by atoms with Crippen molar-refractivity contribution in [3.05, 3.63) is 53.6 Å². The van der Waals surface area contributed by atoms with Gasteiger partial charge in [0.05, 0.1) is 0 Å². The van der Waals surface area contributed by atoms with Crippen molar-refractivity contribution in [3.63, 3.8) is 0 Å². The smallest absolute Gasteiger partial charge is 0.224 e. The molecule has 0 saturated heterocycles. The van der Waals surface area contributed by atoms with E-state index in [-0.39, 0.29) is 5.91 Å². The van der Waals surface area contributed by atoms with E-state index in [1.54, 1.807) is 0 Å². The van der Waals surface area contributed by atoms with E-state index in [9.17, 15) is 4.79 Å². The van der Waals surface area contributed by atoms with Crippen LogP contribution in [0.2, 0.25) is 0 Å². The number of nitrogens with one attached hydrogen (secondary N) is 1. The quantitative estimate of drug-likeness (QED) is 0.704. The predicted molar refractivity (Wildman–Crippen MR) is 86.2 cm³/mol. The van der Waals surface area contributed by atoms with E-state index >= 15 is 0 Å². The Morgan fingerprint density at radius 3 is 2.71 bits per heavy atom. The van der Waals surface area contributed by atoms with Crippen molar-refractivity contribution in [1.29, 1.82) is 0 Å². The van der Waals surface area contributed by atoms with Crippen molar-refractivity contribution >= 4 is 11.6 Å². The molecule has 0 bridgehead atoms. The number of carbonyl (C=O) groups is 1. The number of nitrogens with two attached hydrogens (primary N) is 1. The van der Waals surface area contributed by atoms with E-state index in [1.165, 1.54) is 22.3 Å². The molecule has 2 aromatic carbocycles. The minimum absolute atomic E-state index is 0.0684. The largest absolute Gasteiger partial charge is 0.330 e. The first-order chi connectivity index (χ1) is 10.3. The highest BCUT2D eigenvalue weighted by Crippen LogP contribution is 2.37. The topological polar surface area (TPSA) is 55.1 Å². The molecule has 1 aliphatic rings. The van der Waals surface area contributed by atoms with Crippen LogP contribution in [0, 0.1) is 0 Å². The molecular weight excluding hydrogens is 260 g/mol. The van der Waals surface area contributed by atoms with Crippen LogP contribution in [0.4, 0.5) is 5.69 Å². The van der Waals surface area contributed by atoms with Gasteiger partial charge in [0.15, 0.2) is 0 Å². The highest BCUT2D eigenvalue weighted by atomic mass is 16.1. The fourth-order valence-corrected chi connectivity index (χ4v) is 2.88. The van der Waals surface area contributed by atoms with Crippen molar-refractivity contribution in [1.82, 2.24) is 0 Å². The second-order valence-corrected chi connectivity index (χ2v) is 5.50. The molecule has 3 nitrogen and oxygen atoms in total. The molecule has 21 heavy (non-hydrogen) atoms. The number of unbranched alkanes of at least 4 members (excludes halogenated alkanes) is 1. The number of amides is 1. The summed E-state index contributed by atoms with van der Waals surface area (Å²) in [6.07, 6.45) is 3.22. The van der Waals surface area contributed by atoms with Crippen molar-refractivity contribution in [2.24, 2.45) is 5.73 Å². The van der Waals surface area contributed by atoms with E-state index < -0.39 is 0 Å². The molecule has 0 saturated carbocycles. The van der Waals surface area contributed by atoms with E-state index in [4.69, 9.17) is 5.73 Å². The Hall–Kier alpha value is -2.13. The summed E-state index contributed by atoms with van der Waals surface area (Å²) < 4.78 is 0. The van der Waals surface area contributed by atoms with Crippen LogP contribution in [-0.4, -0.2) is 12.5 Å². The molecule has 0 heterocycles. The number of carbonyl (C=O) groups excluding carboxylic acids is 1. The van der Waals surface area contributed by atoms with Gasteiger partial charge in [-0.1, -0.05) is 30.3 Å². The zero-order valence-electron chi connectivity index (χ0n) is 12.1. The van der Waals surface area contributed by atoms with Crippen LogP contribution in [-0.2, 0) is 11.2 Å². The molecule has 1 aliphatic carbocycles. The van der Waals surface area contributed by atoms with Crippen LogP contribution in [0.1, 0.15) is 30.4 Å². The molecule has 3 heteroatoms. The van der Waals surface area contributed by atoms with Crippen LogP contribution in [0.15, 0.2) is 42.5 Å². The van der Waals surface area contributed by atoms with E-state index in [1.807, 2.05) is 6.07 Å². The predicted octanol–water partition coefficient (Wildman–Crippen LogP) is 3.33. The zero-order valence-corrected chi connectivity index (χ0v) is 12.1. The second kappa shape index (κ2) is 6.10. The van der Waals surface area contributed by atoms with Gasteiger partial charge >= 0.3 is 0 Å². The van der Waals surface area contributed by atoms with Gasteiger partial charge in [-0.15, -0.1) is 0 Å². The molecule has 0 radical (unpaired) electrons. The van der Waals surface area contributed by atoms with Crippen LogP contribution >= 0.6 is 0 Å². The van der Waals surface area contributed by atoms with Crippen LogP contribution in [0.5, 0.6) is 0 Å². The highest BCUT2D eigenvalue weighted by molar-refractivity contribution is 5.91. The van der Waals surface area contributed by atoms with Crippen molar-refractivity contribution < 1.29 is 4.79 Å². The summed E-state index contributed by atoms with van der Waals surface area (Å²) >= 11 is 0. The average Bonchev–Trinajstić information content (AvgIpc) is 2.85. The number of hydrogen-bond donors (Lipinski definition) is 2. The summed E-state index contributed by atoms with van der Waals surface area (Å²) in [4.78, 5) is 11.9. The van der Waals surface area contributed by atoms with E-state index in [0.717, 1.165) is 24.9 Å². The minimum Gasteiger partial charge on any atom is -0.330 e. The Bertz CT molecular complexity index is 664. The summed E-state index contributed by atoms with van der Waals surface area (Å²) in [7, 11) is 0. The molecule has 2 aromatic rings. The normalized spacial score (nSPS) is 11.9. The lowest BCUT2D eigenvalue weighted by Gasteiger charge is -2.07. The van der Waals surface area contributed by atoms with Gasteiger partial charge in [-0.25, -0.2) is 0 Å². The maximum absolute atomic E-state index is 11.9. The second-order valence-electron chi connectivity index (χ2n) is 5.50. The molecule has 0 unspecified atom stereocenters. The minimum atomic E-state index is 0.0684. The monoisotopic (exact) mass is 280 g/mol. The Morgan fingerprint density at radius 2 is 1.86 bits per heavy atom. The molecule has 1 amide bonds. The maximum Gasteiger partial charge on any atom is 0.224 e. The van der Waals surface area contributed by atoms with E-state index in [2.05, 4.69) is 41.7 Å². The number of anilines is 1. The maximum atomic E-state index is 11.9. The van der Waals surface area contributed by atoms with Crippen LogP contribution in [0.25, 0.3) is 11.1 Å². The van der Waals surface area contributed by atoms with Crippen LogP contribution in [0.3, 0.4) is 0 Å². The third-order valence-corrected chi connectivity index (χ3v) is 3.94. The van der Waals surface area contributed by atoms with Crippen molar-refractivity contribution in [2.75, 3.05) is 11.9 Å². The summed E-state index contributed by atoms with van der Waals surface area (Å²) in [5.41, 5.74) is 11.6. The molecule has 0 fully saturated rings. The van der Waals surface area contributed by atoms with Gasteiger partial charge in [0, 0.05) is 12.1 Å². The Balaban J connectivity index is 1.71. The molecule has 108 valence electrons. The molecule has 3 rings (SSSR count). The number of rotatable bonds is 5. The first kappa shape index (κ1) is 13.8. The first-order valence-electron chi connectivity index (χ1n) is 7.49. The lowest BCUT2D eigenvalue weighted by atomic mass is 10.1. The molecule has 3 N–H and O–H groups in total. The summed E-state index contributed by atoms with van der Waals surface area (Å²) in [5, 5.41) is 2.98. The fourth-order valence-electron chi connectivity index (χ4n) is 2.88. The number of hydrogen-bond acceptors (Lipinski definition) is 2. The molecule has 0 atom stereocenters. The SMILES string of the molecule is NCCCCC(=O)Nc1ccc2c(c1)Cc1ccccc1-2. The number of benzene rings is 2. The third-order valence-electron chi connectivity index (χ3n) is 3.94. The van der Waals surface area contributed by atoms with Crippen LogP contribution < -0.4 is 11.1 Å². The summed E-state index contributed by atoms with van der Waals surface area (Å²) in [6, 6.07) is 14.7. The molecular formula is C18H20N2O. The molecule has 0 aromatic heterocycles. The van der Waals surface area contributed by atoms with Gasteiger partial charge in [0.25, 0.3) is 0 Å². The van der Waals surface area contributed by atoms with Crippen molar-refractivity contribution in [3.8, 4) is 11.1 Å². The fraction of sp³-hybridized carbons (Fsp3) is 0.278. The Kier molecular flexibility index (Phi) is 4.02.